The molecule has 0 aliphatic heterocycles. The van der Waals surface area contributed by atoms with Gasteiger partial charge in [0.05, 0.1) is 11.6 Å². The monoisotopic (exact) mass is 280 g/mol. The van der Waals surface area contributed by atoms with E-state index < -0.39 is 0 Å². The van der Waals surface area contributed by atoms with Crippen molar-refractivity contribution in [3.63, 3.8) is 0 Å². The van der Waals surface area contributed by atoms with Crippen molar-refractivity contribution in [2.75, 3.05) is 5.32 Å². The molecule has 0 radical (unpaired) electrons. The fraction of sp³-hybridized carbons (Fsp3) is 0.462. The van der Waals surface area contributed by atoms with Crippen molar-refractivity contribution in [2.45, 2.75) is 33.7 Å². The molecule has 1 aromatic rings. The summed E-state index contributed by atoms with van der Waals surface area (Å²) < 4.78 is 0.926. The van der Waals surface area contributed by atoms with E-state index in [1.807, 2.05) is 18.2 Å². The van der Waals surface area contributed by atoms with E-state index in [-0.39, 0.29) is 5.41 Å². The Hall–Kier alpha value is -1.01. The predicted molar refractivity (Wildman–Crippen MR) is 71.4 cm³/mol. The summed E-state index contributed by atoms with van der Waals surface area (Å²) in [7, 11) is 0. The Balaban J connectivity index is 2.90. The molecule has 0 aliphatic carbocycles. The Labute approximate surface area is 106 Å². The molecule has 0 aromatic heterocycles. The van der Waals surface area contributed by atoms with E-state index in [0.717, 1.165) is 10.2 Å². The second-order valence-corrected chi connectivity index (χ2v) is 5.99. The van der Waals surface area contributed by atoms with Crippen molar-refractivity contribution in [2.24, 2.45) is 5.41 Å². The van der Waals surface area contributed by atoms with E-state index in [2.05, 4.69) is 55.0 Å². The fourth-order valence-corrected chi connectivity index (χ4v) is 1.70. The molecule has 86 valence electrons. The molecule has 3 heteroatoms. The number of nitriles is 1. The lowest BCUT2D eigenvalue weighted by atomic mass is 9.88. The van der Waals surface area contributed by atoms with Crippen LogP contribution in [0.15, 0.2) is 22.7 Å². The summed E-state index contributed by atoms with van der Waals surface area (Å²) in [6.07, 6.45) is 0. The van der Waals surface area contributed by atoms with Gasteiger partial charge in [-0.1, -0.05) is 36.7 Å². The molecule has 1 N–H and O–H groups in total. The van der Waals surface area contributed by atoms with Gasteiger partial charge in [0.25, 0.3) is 0 Å². The van der Waals surface area contributed by atoms with Gasteiger partial charge in [-0.25, -0.2) is 0 Å². The van der Waals surface area contributed by atoms with E-state index in [0.29, 0.717) is 11.6 Å². The predicted octanol–water partition coefficient (Wildman–Crippen LogP) is 4.17. The van der Waals surface area contributed by atoms with Gasteiger partial charge in [-0.2, -0.15) is 5.26 Å². The van der Waals surface area contributed by atoms with E-state index >= 15 is 0 Å². The average molecular weight is 281 g/mol. The van der Waals surface area contributed by atoms with Gasteiger partial charge >= 0.3 is 0 Å². The van der Waals surface area contributed by atoms with Gasteiger partial charge in [-0.3, -0.25) is 0 Å². The Kier molecular flexibility index (Phi) is 3.98. The Morgan fingerprint density at radius 1 is 1.31 bits per heavy atom. The average Bonchev–Trinajstić information content (AvgIpc) is 2.15. The minimum absolute atomic E-state index is 0.190. The van der Waals surface area contributed by atoms with Crippen LogP contribution in [0.25, 0.3) is 0 Å². The molecule has 0 bridgehead atoms. The first-order chi connectivity index (χ1) is 7.32. The third-order valence-corrected chi connectivity index (χ3v) is 3.17. The van der Waals surface area contributed by atoms with Crippen LogP contribution in [-0.4, -0.2) is 6.04 Å². The van der Waals surface area contributed by atoms with E-state index in [1.165, 1.54) is 0 Å². The molecule has 1 atom stereocenters. The van der Waals surface area contributed by atoms with E-state index in [4.69, 9.17) is 5.26 Å². The molecule has 0 saturated heterocycles. The summed E-state index contributed by atoms with van der Waals surface area (Å²) in [5, 5.41) is 12.3. The summed E-state index contributed by atoms with van der Waals surface area (Å²) in [4.78, 5) is 0. The summed E-state index contributed by atoms with van der Waals surface area (Å²) in [6, 6.07) is 8.16. The first-order valence-electron chi connectivity index (χ1n) is 5.30. The van der Waals surface area contributed by atoms with Crippen LogP contribution in [-0.2, 0) is 0 Å². The van der Waals surface area contributed by atoms with Crippen LogP contribution in [0.3, 0.4) is 0 Å². The number of rotatable bonds is 2. The summed E-state index contributed by atoms with van der Waals surface area (Å²) in [6.45, 7) is 8.71. The first kappa shape index (κ1) is 13.1. The molecule has 0 fully saturated rings. The van der Waals surface area contributed by atoms with Crippen molar-refractivity contribution in [3.8, 4) is 6.07 Å². The van der Waals surface area contributed by atoms with Crippen molar-refractivity contribution in [1.29, 1.82) is 5.26 Å². The largest absolute Gasteiger partial charge is 0.382 e. The number of benzene rings is 1. The molecule has 0 saturated carbocycles. The highest BCUT2D eigenvalue weighted by Crippen LogP contribution is 2.25. The standard InChI is InChI=1S/C13H17BrN2/c1-9(13(2,3)4)16-12-6-10(8-15)5-11(14)7-12/h5-7,9,16H,1-4H3. The van der Waals surface area contributed by atoms with Gasteiger partial charge in [0.2, 0.25) is 0 Å². The minimum Gasteiger partial charge on any atom is -0.382 e. The summed E-state index contributed by atoms with van der Waals surface area (Å²) in [5.41, 5.74) is 1.83. The van der Waals surface area contributed by atoms with Crippen molar-refractivity contribution < 1.29 is 0 Å². The van der Waals surface area contributed by atoms with Gasteiger partial charge in [0, 0.05) is 16.2 Å². The van der Waals surface area contributed by atoms with Gasteiger partial charge in [0.15, 0.2) is 0 Å². The molecule has 0 heterocycles. The van der Waals surface area contributed by atoms with Crippen LogP contribution in [0, 0.1) is 16.7 Å². The SMILES string of the molecule is CC(Nc1cc(Br)cc(C#N)c1)C(C)(C)C. The zero-order valence-electron chi connectivity index (χ0n) is 10.1. The van der Waals surface area contributed by atoms with Crippen molar-refractivity contribution in [1.82, 2.24) is 0 Å². The topological polar surface area (TPSA) is 35.8 Å². The number of halogens is 1. The molecular formula is C13H17BrN2. The molecule has 1 aromatic carbocycles. The summed E-state index contributed by atoms with van der Waals surface area (Å²) >= 11 is 3.40. The fourth-order valence-electron chi connectivity index (χ4n) is 1.20. The number of nitrogens with one attached hydrogen (secondary N) is 1. The first-order valence-corrected chi connectivity index (χ1v) is 6.09. The molecule has 16 heavy (non-hydrogen) atoms. The van der Waals surface area contributed by atoms with Gasteiger partial charge in [-0.15, -0.1) is 0 Å². The van der Waals surface area contributed by atoms with E-state index in [1.54, 1.807) is 0 Å². The lowest BCUT2D eigenvalue weighted by Gasteiger charge is -2.29. The molecule has 0 aliphatic rings. The highest BCUT2D eigenvalue weighted by molar-refractivity contribution is 9.10. The normalized spacial score (nSPS) is 13.0. The quantitative estimate of drug-likeness (QED) is 0.883. The number of hydrogen-bond donors (Lipinski definition) is 1. The number of anilines is 1. The third kappa shape index (κ3) is 3.53. The Morgan fingerprint density at radius 2 is 1.94 bits per heavy atom. The second kappa shape index (κ2) is 4.88. The lowest BCUT2D eigenvalue weighted by molar-refractivity contribution is 0.359. The Bertz CT molecular complexity index is 413. The molecule has 1 unspecified atom stereocenters. The minimum atomic E-state index is 0.190. The maximum atomic E-state index is 8.88. The highest BCUT2D eigenvalue weighted by Gasteiger charge is 2.19. The van der Waals surface area contributed by atoms with Crippen LogP contribution >= 0.6 is 15.9 Å². The number of nitrogens with zero attached hydrogens (tertiary/aromatic N) is 1. The molecule has 0 spiro atoms. The van der Waals surface area contributed by atoms with Crippen LogP contribution in [0.1, 0.15) is 33.3 Å². The van der Waals surface area contributed by atoms with Gasteiger partial charge in [0.1, 0.15) is 0 Å². The lowest BCUT2D eigenvalue weighted by Crippen LogP contribution is -2.30. The van der Waals surface area contributed by atoms with Gasteiger partial charge < -0.3 is 5.32 Å². The Morgan fingerprint density at radius 3 is 2.44 bits per heavy atom. The molecular weight excluding hydrogens is 264 g/mol. The smallest absolute Gasteiger partial charge is 0.0992 e. The maximum Gasteiger partial charge on any atom is 0.0992 e. The third-order valence-electron chi connectivity index (χ3n) is 2.71. The van der Waals surface area contributed by atoms with Crippen molar-refractivity contribution >= 4 is 21.6 Å². The van der Waals surface area contributed by atoms with Crippen LogP contribution < -0.4 is 5.32 Å². The summed E-state index contributed by atoms with van der Waals surface area (Å²) in [5.74, 6) is 0. The highest BCUT2D eigenvalue weighted by atomic mass is 79.9. The zero-order chi connectivity index (χ0) is 12.3. The zero-order valence-corrected chi connectivity index (χ0v) is 11.7. The molecule has 0 amide bonds. The maximum absolute atomic E-state index is 8.88. The molecule has 1 rings (SSSR count). The second-order valence-electron chi connectivity index (χ2n) is 5.07. The van der Waals surface area contributed by atoms with Crippen LogP contribution in [0.5, 0.6) is 0 Å². The number of hydrogen-bond acceptors (Lipinski definition) is 2. The van der Waals surface area contributed by atoms with Crippen LogP contribution in [0.4, 0.5) is 5.69 Å². The molecule has 2 nitrogen and oxygen atoms in total. The van der Waals surface area contributed by atoms with E-state index in [9.17, 15) is 0 Å². The van der Waals surface area contributed by atoms with Gasteiger partial charge in [-0.05, 0) is 30.5 Å². The van der Waals surface area contributed by atoms with Crippen LogP contribution in [0.2, 0.25) is 0 Å². The van der Waals surface area contributed by atoms with Crippen molar-refractivity contribution in [3.05, 3.63) is 28.2 Å².